The number of aryl methyl sites for hydroxylation is 1. The quantitative estimate of drug-likeness (QED) is 0.667. The molecule has 0 spiro atoms. The van der Waals surface area contributed by atoms with Gasteiger partial charge < -0.3 is 5.32 Å². The molecule has 0 aromatic carbocycles. The predicted molar refractivity (Wildman–Crippen MR) is 55.7 cm³/mol. The number of nitrogens with zero attached hydrogens (tertiary/aromatic N) is 1. The zero-order valence-corrected chi connectivity index (χ0v) is 8.53. The SMILES string of the molecule is CC.Cc1nc2c(s1)NCC=C2. The van der Waals surface area contributed by atoms with E-state index >= 15 is 0 Å². The van der Waals surface area contributed by atoms with Crippen LogP contribution >= 0.6 is 11.3 Å². The smallest absolute Gasteiger partial charge is 0.116 e. The first-order chi connectivity index (χ1) is 5.86. The van der Waals surface area contributed by atoms with E-state index < -0.39 is 0 Å². The van der Waals surface area contributed by atoms with E-state index in [1.165, 1.54) is 5.00 Å². The summed E-state index contributed by atoms with van der Waals surface area (Å²) in [6.07, 6.45) is 4.15. The summed E-state index contributed by atoms with van der Waals surface area (Å²) in [6, 6.07) is 0. The van der Waals surface area contributed by atoms with E-state index in [0.717, 1.165) is 17.2 Å². The van der Waals surface area contributed by atoms with Crippen LogP contribution in [0.5, 0.6) is 0 Å². The van der Waals surface area contributed by atoms with E-state index in [0.29, 0.717) is 0 Å². The summed E-state index contributed by atoms with van der Waals surface area (Å²) in [4.78, 5) is 4.32. The van der Waals surface area contributed by atoms with Gasteiger partial charge in [-0.2, -0.15) is 0 Å². The molecule has 0 radical (unpaired) electrons. The van der Waals surface area contributed by atoms with Crippen LogP contribution in [-0.4, -0.2) is 11.5 Å². The van der Waals surface area contributed by atoms with Gasteiger partial charge in [0.25, 0.3) is 0 Å². The molecule has 0 bridgehead atoms. The van der Waals surface area contributed by atoms with Crippen molar-refractivity contribution in [2.24, 2.45) is 0 Å². The molecule has 12 heavy (non-hydrogen) atoms. The first kappa shape index (κ1) is 9.26. The van der Waals surface area contributed by atoms with Crippen molar-refractivity contribution in [3.05, 3.63) is 16.8 Å². The molecule has 1 aliphatic heterocycles. The summed E-state index contributed by atoms with van der Waals surface area (Å²) in [5.41, 5.74) is 1.09. The fourth-order valence-electron chi connectivity index (χ4n) is 1.00. The molecule has 0 amide bonds. The van der Waals surface area contributed by atoms with Crippen molar-refractivity contribution in [3.8, 4) is 0 Å². The molecule has 0 atom stereocenters. The van der Waals surface area contributed by atoms with Gasteiger partial charge in [0.05, 0.1) is 10.7 Å². The zero-order chi connectivity index (χ0) is 8.97. The van der Waals surface area contributed by atoms with E-state index in [1.807, 2.05) is 20.8 Å². The highest BCUT2D eigenvalue weighted by Crippen LogP contribution is 2.26. The second kappa shape index (κ2) is 4.26. The molecule has 1 aromatic heterocycles. The third-order valence-corrected chi connectivity index (χ3v) is 2.36. The minimum Gasteiger partial charge on any atom is -0.372 e. The number of rotatable bonds is 0. The van der Waals surface area contributed by atoms with Crippen LogP contribution in [0.3, 0.4) is 0 Å². The molecule has 1 N–H and O–H groups in total. The van der Waals surface area contributed by atoms with Crippen LogP contribution in [0.1, 0.15) is 24.5 Å². The van der Waals surface area contributed by atoms with Crippen molar-refractivity contribution in [1.29, 1.82) is 0 Å². The molecule has 1 aromatic rings. The highest BCUT2D eigenvalue weighted by molar-refractivity contribution is 7.15. The largest absolute Gasteiger partial charge is 0.372 e. The molecule has 1 aliphatic rings. The molecule has 2 rings (SSSR count). The third-order valence-electron chi connectivity index (χ3n) is 1.42. The van der Waals surface area contributed by atoms with Crippen LogP contribution in [0.2, 0.25) is 0 Å². The Hall–Kier alpha value is -0.830. The highest BCUT2D eigenvalue weighted by atomic mass is 32.1. The number of anilines is 1. The molecular weight excluding hydrogens is 168 g/mol. The van der Waals surface area contributed by atoms with Crippen molar-refractivity contribution in [2.75, 3.05) is 11.9 Å². The van der Waals surface area contributed by atoms with Crippen molar-refractivity contribution >= 4 is 22.4 Å². The third kappa shape index (κ3) is 1.85. The van der Waals surface area contributed by atoms with Gasteiger partial charge in [0.2, 0.25) is 0 Å². The summed E-state index contributed by atoms with van der Waals surface area (Å²) < 4.78 is 0. The number of fused-ring (bicyclic) bond motifs is 1. The Kier molecular flexibility index (Phi) is 3.29. The normalized spacial score (nSPS) is 12.6. The van der Waals surface area contributed by atoms with Gasteiger partial charge in [0, 0.05) is 6.54 Å². The topological polar surface area (TPSA) is 24.9 Å². The average molecular weight is 182 g/mol. The lowest BCUT2D eigenvalue weighted by molar-refractivity contribution is 1.24. The Bertz CT molecular complexity index is 276. The predicted octanol–water partition coefficient (Wildman–Crippen LogP) is 2.92. The second-order valence-corrected chi connectivity index (χ2v) is 3.43. The monoisotopic (exact) mass is 182 g/mol. The van der Waals surface area contributed by atoms with Crippen molar-refractivity contribution < 1.29 is 0 Å². The van der Waals surface area contributed by atoms with E-state index in [4.69, 9.17) is 0 Å². The van der Waals surface area contributed by atoms with Gasteiger partial charge >= 0.3 is 0 Å². The molecule has 0 saturated heterocycles. The van der Waals surface area contributed by atoms with E-state index in [2.05, 4.69) is 22.5 Å². The maximum absolute atomic E-state index is 4.32. The molecule has 0 fully saturated rings. The van der Waals surface area contributed by atoms with Crippen LogP contribution in [0.15, 0.2) is 6.08 Å². The fourth-order valence-corrected chi connectivity index (χ4v) is 1.82. The van der Waals surface area contributed by atoms with Crippen molar-refractivity contribution in [2.45, 2.75) is 20.8 Å². The Balaban J connectivity index is 0.000000336. The van der Waals surface area contributed by atoms with Gasteiger partial charge in [-0.1, -0.05) is 19.9 Å². The summed E-state index contributed by atoms with van der Waals surface area (Å²) in [5, 5.41) is 5.59. The summed E-state index contributed by atoms with van der Waals surface area (Å²) >= 11 is 1.72. The minimum absolute atomic E-state index is 0.939. The molecule has 0 unspecified atom stereocenters. The van der Waals surface area contributed by atoms with Crippen LogP contribution in [0.4, 0.5) is 5.00 Å². The number of thiazole rings is 1. The van der Waals surface area contributed by atoms with Gasteiger partial charge in [-0.3, -0.25) is 0 Å². The lowest BCUT2D eigenvalue weighted by atomic mass is 10.3. The standard InChI is InChI=1S/C7H8N2S.C2H6/c1-5-9-6-3-2-4-8-7(6)10-5;1-2/h2-3,8H,4H2,1H3;1-2H3. The Morgan fingerprint density at radius 1 is 1.50 bits per heavy atom. The van der Waals surface area contributed by atoms with Crippen LogP contribution < -0.4 is 5.32 Å². The average Bonchev–Trinajstić information content (AvgIpc) is 2.48. The van der Waals surface area contributed by atoms with Gasteiger partial charge in [-0.25, -0.2) is 4.98 Å². The first-order valence-corrected chi connectivity index (χ1v) is 5.06. The number of aromatic nitrogens is 1. The molecule has 2 nitrogen and oxygen atoms in total. The van der Waals surface area contributed by atoms with Gasteiger partial charge in [0.1, 0.15) is 5.00 Å². The number of hydrogen-bond acceptors (Lipinski definition) is 3. The molecule has 3 heteroatoms. The van der Waals surface area contributed by atoms with Crippen LogP contribution in [0, 0.1) is 6.92 Å². The Morgan fingerprint density at radius 2 is 2.25 bits per heavy atom. The lowest BCUT2D eigenvalue weighted by Gasteiger charge is -2.03. The maximum atomic E-state index is 4.32. The summed E-state index contributed by atoms with van der Waals surface area (Å²) in [5.74, 6) is 0. The Labute approximate surface area is 77.3 Å². The Morgan fingerprint density at radius 3 is 2.92 bits per heavy atom. The fraction of sp³-hybridized carbons (Fsp3) is 0.444. The minimum atomic E-state index is 0.939. The van der Waals surface area contributed by atoms with Gasteiger partial charge in [-0.15, -0.1) is 11.3 Å². The van der Waals surface area contributed by atoms with Crippen LogP contribution in [0.25, 0.3) is 6.08 Å². The zero-order valence-electron chi connectivity index (χ0n) is 7.72. The van der Waals surface area contributed by atoms with E-state index in [-0.39, 0.29) is 0 Å². The van der Waals surface area contributed by atoms with Crippen molar-refractivity contribution in [3.63, 3.8) is 0 Å². The first-order valence-electron chi connectivity index (χ1n) is 4.24. The molecule has 0 saturated carbocycles. The van der Waals surface area contributed by atoms with Crippen LogP contribution in [-0.2, 0) is 0 Å². The highest BCUT2D eigenvalue weighted by Gasteiger charge is 2.07. The van der Waals surface area contributed by atoms with Gasteiger partial charge in [0.15, 0.2) is 0 Å². The number of hydrogen-bond donors (Lipinski definition) is 1. The second-order valence-electron chi connectivity index (χ2n) is 2.23. The van der Waals surface area contributed by atoms with E-state index in [1.54, 1.807) is 11.3 Å². The summed E-state index contributed by atoms with van der Waals surface area (Å²) in [7, 11) is 0. The maximum Gasteiger partial charge on any atom is 0.116 e. The lowest BCUT2D eigenvalue weighted by Crippen LogP contribution is -2.01. The molecule has 2 heterocycles. The molecule has 0 aliphatic carbocycles. The van der Waals surface area contributed by atoms with E-state index in [9.17, 15) is 0 Å². The van der Waals surface area contributed by atoms with Crippen molar-refractivity contribution in [1.82, 2.24) is 4.98 Å². The number of nitrogens with one attached hydrogen (secondary N) is 1. The molecular formula is C9H14N2S. The molecule has 66 valence electrons. The summed E-state index contributed by atoms with van der Waals surface area (Å²) in [6.45, 7) is 6.97. The van der Waals surface area contributed by atoms with Gasteiger partial charge in [-0.05, 0) is 13.0 Å².